The molecule has 0 bridgehead atoms. The SMILES string of the molecule is Cc1nn(C2CCS(=O)(=O)C2)c2nc(-c3ccc(F)cc3)cc(C(=O)Nc3ccc(Cl)cc3Cl)c12. The molecular formula is C24H19Cl2FN4O3S. The molecule has 7 nitrogen and oxygen atoms in total. The molecule has 0 radical (unpaired) electrons. The summed E-state index contributed by atoms with van der Waals surface area (Å²) in [5.74, 6) is -0.833. The number of fused-ring (bicyclic) bond motifs is 1. The number of pyridine rings is 1. The van der Waals surface area contributed by atoms with Crippen LogP contribution in [0, 0.1) is 12.7 Å². The number of amides is 1. The molecule has 1 aliphatic rings. The molecule has 1 amide bonds. The first-order valence-corrected chi connectivity index (χ1v) is 13.3. The summed E-state index contributed by atoms with van der Waals surface area (Å²) in [7, 11) is -3.18. The minimum atomic E-state index is -3.18. The smallest absolute Gasteiger partial charge is 0.256 e. The second-order valence-electron chi connectivity index (χ2n) is 8.43. The van der Waals surface area contributed by atoms with Crippen molar-refractivity contribution in [1.29, 1.82) is 0 Å². The standard InChI is InChI=1S/C24H19Cl2FN4O3S/c1-13-22-18(24(32)29-20-7-4-15(25)10-19(20)26)11-21(14-2-5-16(27)6-3-14)28-23(22)31(30-13)17-8-9-35(33,34)12-17/h2-7,10-11,17H,8-9,12H2,1H3,(H,29,32). The van der Waals surface area contributed by atoms with Crippen LogP contribution in [0.5, 0.6) is 0 Å². The minimum absolute atomic E-state index is 0.0480. The first kappa shape index (κ1) is 23.7. The molecule has 5 rings (SSSR count). The van der Waals surface area contributed by atoms with Crippen LogP contribution in [-0.2, 0) is 9.84 Å². The number of sulfone groups is 1. The molecule has 1 aliphatic heterocycles. The van der Waals surface area contributed by atoms with Gasteiger partial charge >= 0.3 is 0 Å². The maximum Gasteiger partial charge on any atom is 0.256 e. The zero-order valence-electron chi connectivity index (χ0n) is 18.4. The van der Waals surface area contributed by atoms with E-state index in [0.29, 0.717) is 45.1 Å². The van der Waals surface area contributed by atoms with E-state index < -0.39 is 27.6 Å². The molecule has 4 aromatic rings. The second kappa shape index (κ2) is 8.89. The van der Waals surface area contributed by atoms with E-state index in [1.807, 2.05) is 0 Å². The van der Waals surface area contributed by atoms with Crippen LogP contribution in [0.2, 0.25) is 10.0 Å². The normalized spacial score (nSPS) is 17.1. The van der Waals surface area contributed by atoms with Crippen LogP contribution < -0.4 is 5.32 Å². The predicted octanol–water partition coefficient (Wildman–Crippen LogP) is 5.46. The van der Waals surface area contributed by atoms with Crippen molar-refractivity contribution in [3.63, 3.8) is 0 Å². The van der Waals surface area contributed by atoms with Gasteiger partial charge in [0.05, 0.1) is 50.6 Å². The van der Waals surface area contributed by atoms with Crippen molar-refractivity contribution >= 4 is 55.7 Å². The molecular weight excluding hydrogens is 514 g/mol. The van der Waals surface area contributed by atoms with Gasteiger partial charge in [0.25, 0.3) is 5.91 Å². The molecule has 1 atom stereocenters. The number of nitrogens with zero attached hydrogens (tertiary/aromatic N) is 3. The first-order chi connectivity index (χ1) is 16.6. The highest BCUT2D eigenvalue weighted by Gasteiger charge is 2.32. The monoisotopic (exact) mass is 532 g/mol. The van der Waals surface area contributed by atoms with Crippen molar-refractivity contribution in [1.82, 2.24) is 14.8 Å². The Bertz CT molecular complexity index is 1590. The van der Waals surface area contributed by atoms with E-state index in [1.165, 1.54) is 18.2 Å². The third kappa shape index (κ3) is 4.63. The Balaban J connectivity index is 1.68. The Morgan fingerprint density at radius 3 is 2.54 bits per heavy atom. The van der Waals surface area contributed by atoms with Gasteiger partial charge in [-0.3, -0.25) is 4.79 Å². The molecule has 1 unspecified atom stereocenters. The number of carbonyl (C=O) groups is 1. The van der Waals surface area contributed by atoms with Gasteiger partial charge in [0.1, 0.15) is 5.82 Å². The van der Waals surface area contributed by atoms with E-state index in [0.717, 1.165) is 0 Å². The molecule has 3 heterocycles. The number of halogens is 3. The molecule has 0 saturated carbocycles. The highest BCUT2D eigenvalue weighted by atomic mass is 35.5. The number of aromatic nitrogens is 3. The van der Waals surface area contributed by atoms with Crippen LogP contribution in [0.3, 0.4) is 0 Å². The van der Waals surface area contributed by atoms with Crippen LogP contribution >= 0.6 is 23.2 Å². The number of aryl methyl sites for hydroxylation is 1. The average Bonchev–Trinajstić information content (AvgIpc) is 3.34. The van der Waals surface area contributed by atoms with Crippen molar-refractivity contribution in [2.24, 2.45) is 0 Å². The number of hydrogen-bond donors (Lipinski definition) is 1. The minimum Gasteiger partial charge on any atom is -0.321 e. The van der Waals surface area contributed by atoms with E-state index in [1.54, 1.807) is 41.9 Å². The van der Waals surface area contributed by atoms with Gasteiger partial charge in [-0.15, -0.1) is 0 Å². The fraction of sp³-hybridized carbons (Fsp3) is 0.208. The third-order valence-corrected chi connectivity index (χ3v) is 8.25. The van der Waals surface area contributed by atoms with Gasteiger partial charge in [0.15, 0.2) is 15.5 Å². The lowest BCUT2D eigenvalue weighted by atomic mass is 10.0. The summed E-state index contributed by atoms with van der Waals surface area (Å²) in [6.07, 6.45) is 0.406. The zero-order valence-corrected chi connectivity index (χ0v) is 20.8. The Kier molecular flexibility index (Phi) is 6.03. The fourth-order valence-electron chi connectivity index (χ4n) is 4.26. The average molecular weight is 533 g/mol. The summed E-state index contributed by atoms with van der Waals surface area (Å²) in [4.78, 5) is 18.2. The Morgan fingerprint density at radius 2 is 1.89 bits per heavy atom. The van der Waals surface area contributed by atoms with Gasteiger partial charge in [-0.2, -0.15) is 5.10 Å². The predicted molar refractivity (Wildman–Crippen MR) is 134 cm³/mol. The molecule has 0 aliphatic carbocycles. The summed E-state index contributed by atoms with van der Waals surface area (Å²) in [5.41, 5.74) is 2.60. The van der Waals surface area contributed by atoms with Crippen molar-refractivity contribution in [2.45, 2.75) is 19.4 Å². The van der Waals surface area contributed by atoms with Crippen LogP contribution in [0.4, 0.5) is 10.1 Å². The summed E-state index contributed by atoms with van der Waals surface area (Å²) in [6.45, 7) is 1.74. The van der Waals surface area contributed by atoms with Crippen molar-refractivity contribution in [2.75, 3.05) is 16.8 Å². The van der Waals surface area contributed by atoms with E-state index in [4.69, 9.17) is 28.2 Å². The van der Waals surface area contributed by atoms with Gasteiger partial charge in [-0.1, -0.05) is 23.2 Å². The van der Waals surface area contributed by atoms with Gasteiger partial charge in [0, 0.05) is 10.6 Å². The lowest BCUT2D eigenvalue weighted by Crippen LogP contribution is -2.15. The molecule has 35 heavy (non-hydrogen) atoms. The Morgan fingerprint density at radius 1 is 1.14 bits per heavy atom. The lowest BCUT2D eigenvalue weighted by molar-refractivity contribution is 0.102. The molecule has 1 fully saturated rings. The van der Waals surface area contributed by atoms with Gasteiger partial charge in [-0.05, 0) is 61.9 Å². The molecule has 2 aromatic heterocycles. The molecule has 0 spiro atoms. The summed E-state index contributed by atoms with van der Waals surface area (Å²) in [6, 6.07) is 11.7. The maximum atomic E-state index is 13.5. The van der Waals surface area contributed by atoms with Crippen LogP contribution in [-0.4, -0.2) is 40.6 Å². The van der Waals surface area contributed by atoms with Crippen molar-refractivity contribution in [3.05, 3.63) is 75.7 Å². The Hall–Kier alpha value is -3.01. The zero-order chi connectivity index (χ0) is 24.9. The number of rotatable bonds is 4. The van der Waals surface area contributed by atoms with Crippen molar-refractivity contribution in [3.8, 4) is 11.3 Å². The number of nitrogens with one attached hydrogen (secondary N) is 1. The Labute approximate surface area is 210 Å². The van der Waals surface area contributed by atoms with E-state index in [-0.39, 0.29) is 22.1 Å². The van der Waals surface area contributed by atoms with Gasteiger partial charge in [-0.25, -0.2) is 22.5 Å². The number of hydrogen-bond acceptors (Lipinski definition) is 5. The maximum absolute atomic E-state index is 13.5. The topological polar surface area (TPSA) is 93.9 Å². The third-order valence-electron chi connectivity index (χ3n) is 5.96. The summed E-state index contributed by atoms with van der Waals surface area (Å²) >= 11 is 12.2. The second-order valence-corrected chi connectivity index (χ2v) is 11.5. The van der Waals surface area contributed by atoms with E-state index >= 15 is 0 Å². The summed E-state index contributed by atoms with van der Waals surface area (Å²) in [5, 5.41) is 8.59. The first-order valence-electron chi connectivity index (χ1n) is 10.7. The number of carbonyl (C=O) groups excluding carboxylic acids is 1. The van der Waals surface area contributed by atoms with Crippen LogP contribution in [0.15, 0.2) is 48.5 Å². The largest absolute Gasteiger partial charge is 0.321 e. The highest BCUT2D eigenvalue weighted by Crippen LogP contribution is 2.33. The van der Waals surface area contributed by atoms with Crippen molar-refractivity contribution < 1.29 is 17.6 Å². The number of benzene rings is 2. The molecule has 1 N–H and O–H groups in total. The lowest BCUT2D eigenvalue weighted by Gasteiger charge is -2.13. The molecule has 1 saturated heterocycles. The summed E-state index contributed by atoms with van der Waals surface area (Å²) < 4.78 is 39.4. The van der Waals surface area contributed by atoms with Crippen LogP contribution in [0.1, 0.15) is 28.5 Å². The van der Waals surface area contributed by atoms with Gasteiger partial charge in [0.2, 0.25) is 0 Å². The van der Waals surface area contributed by atoms with E-state index in [9.17, 15) is 17.6 Å². The molecule has 180 valence electrons. The highest BCUT2D eigenvalue weighted by molar-refractivity contribution is 7.91. The fourth-order valence-corrected chi connectivity index (χ4v) is 6.41. The van der Waals surface area contributed by atoms with E-state index in [2.05, 4.69) is 10.4 Å². The molecule has 11 heteroatoms. The van der Waals surface area contributed by atoms with Crippen LogP contribution in [0.25, 0.3) is 22.3 Å². The van der Waals surface area contributed by atoms with Gasteiger partial charge < -0.3 is 5.32 Å². The molecule has 2 aromatic carbocycles. The number of anilines is 1. The quantitative estimate of drug-likeness (QED) is 0.376.